The summed E-state index contributed by atoms with van der Waals surface area (Å²) < 4.78 is 0. The zero-order valence-corrected chi connectivity index (χ0v) is 16.5. The van der Waals surface area contributed by atoms with Gasteiger partial charge in [-0.05, 0) is 11.5 Å². The molecule has 1 fully saturated rings. The van der Waals surface area contributed by atoms with Gasteiger partial charge in [-0.2, -0.15) is 0 Å². The Morgan fingerprint density at radius 1 is 1.04 bits per heavy atom. The summed E-state index contributed by atoms with van der Waals surface area (Å²) in [6.07, 6.45) is 0. The van der Waals surface area contributed by atoms with Crippen LogP contribution in [0.3, 0.4) is 0 Å². The minimum absolute atomic E-state index is 0. The van der Waals surface area contributed by atoms with E-state index in [2.05, 4.69) is 18.7 Å². The highest BCUT2D eigenvalue weighted by Gasteiger charge is 2.29. The van der Waals surface area contributed by atoms with Crippen LogP contribution in [0.25, 0.3) is 0 Å². The lowest BCUT2D eigenvalue weighted by Crippen LogP contribution is -2.51. The molecule has 1 aliphatic heterocycles. The quantitative estimate of drug-likeness (QED) is 0.860. The second kappa shape index (κ2) is 10.9. The van der Waals surface area contributed by atoms with Crippen LogP contribution in [0.5, 0.6) is 0 Å². The van der Waals surface area contributed by atoms with E-state index in [-0.39, 0.29) is 42.7 Å². The van der Waals surface area contributed by atoms with E-state index in [4.69, 9.17) is 5.73 Å². The molecule has 1 amide bonds. The normalized spacial score (nSPS) is 17.6. The molecule has 0 saturated carbocycles. The number of carbonyl (C=O) groups is 1. The van der Waals surface area contributed by atoms with Gasteiger partial charge in [0.2, 0.25) is 5.91 Å². The highest BCUT2D eigenvalue weighted by molar-refractivity contribution is 5.85. The van der Waals surface area contributed by atoms with Crippen LogP contribution in [0.15, 0.2) is 30.3 Å². The highest BCUT2D eigenvalue weighted by Crippen LogP contribution is 2.21. The Bertz CT molecular complexity index is 476. The lowest BCUT2D eigenvalue weighted by Gasteiger charge is -2.37. The van der Waals surface area contributed by atoms with E-state index in [0.29, 0.717) is 5.92 Å². The van der Waals surface area contributed by atoms with Gasteiger partial charge >= 0.3 is 0 Å². The van der Waals surface area contributed by atoms with Crippen LogP contribution in [-0.2, 0) is 4.79 Å². The number of carbonyl (C=O) groups excluding carboxylic acids is 1. The van der Waals surface area contributed by atoms with Gasteiger partial charge < -0.3 is 10.6 Å². The maximum Gasteiger partial charge on any atom is 0.227 e. The van der Waals surface area contributed by atoms with Crippen LogP contribution < -0.4 is 5.73 Å². The zero-order chi connectivity index (χ0) is 16.1. The summed E-state index contributed by atoms with van der Waals surface area (Å²) in [6.45, 7) is 11.1. The molecule has 0 bridgehead atoms. The van der Waals surface area contributed by atoms with E-state index in [1.807, 2.05) is 42.2 Å². The lowest BCUT2D eigenvalue weighted by atomic mass is 9.94. The standard InChI is InChI=1S/C18H29N3O.2ClH/c1-14(2)13-20-9-11-21(12-10-20)18(22)15(3)17(19)16-7-5-4-6-8-16;;/h4-8,14-15,17H,9-13,19H2,1-3H3;2*1H. The Morgan fingerprint density at radius 3 is 2.08 bits per heavy atom. The van der Waals surface area contributed by atoms with Gasteiger partial charge in [-0.15, -0.1) is 24.8 Å². The maximum absolute atomic E-state index is 12.7. The van der Waals surface area contributed by atoms with Gasteiger partial charge in [-0.25, -0.2) is 0 Å². The van der Waals surface area contributed by atoms with Crippen molar-refractivity contribution in [2.24, 2.45) is 17.6 Å². The number of rotatable bonds is 5. The van der Waals surface area contributed by atoms with Crippen LogP contribution in [0.2, 0.25) is 0 Å². The molecule has 4 nitrogen and oxygen atoms in total. The van der Waals surface area contributed by atoms with Gasteiger partial charge in [-0.1, -0.05) is 51.1 Å². The lowest BCUT2D eigenvalue weighted by molar-refractivity contribution is -0.137. The van der Waals surface area contributed by atoms with Gasteiger partial charge in [0.05, 0.1) is 5.92 Å². The van der Waals surface area contributed by atoms with E-state index in [9.17, 15) is 4.79 Å². The summed E-state index contributed by atoms with van der Waals surface area (Å²) in [5, 5.41) is 0. The van der Waals surface area contributed by atoms with E-state index in [1.54, 1.807) is 0 Å². The van der Waals surface area contributed by atoms with Crippen molar-refractivity contribution in [3.8, 4) is 0 Å². The van der Waals surface area contributed by atoms with Gasteiger partial charge in [0.25, 0.3) is 0 Å². The molecule has 1 saturated heterocycles. The van der Waals surface area contributed by atoms with E-state index >= 15 is 0 Å². The molecule has 2 unspecified atom stereocenters. The smallest absolute Gasteiger partial charge is 0.227 e. The molecular weight excluding hydrogens is 345 g/mol. The van der Waals surface area contributed by atoms with Crippen molar-refractivity contribution < 1.29 is 4.79 Å². The van der Waals surface area contributed by atoms with E-state index < -0.39 is 0 Å². The number of amides is 1. The van der Waals surface area contributed by atoms with Crippen molar-refractivity contribution in [3.05, 3.63) is 35.9 Å². The molecule has 1 aliphatic rings. The number of benzene rings is 1. The Hall–Kier alpha value is -0.810. The Balaban J connectivity index is 0.00000264. The zero-order valence-electron chi connectivity index (χ0n) is 14.9. The van der Waals surface area contributed by atoms with Crippen molar-refractivity contribution in [1.82, 2.24) is 9.80 Å². The summed E-state index contributed by atoms with van der Waals surface area (Å²) in [5.41, 5.74) is 7.31. The van der Waals surface area contributed by atoms with Crippen molar-refractivity contribution in [3.63, 3.8) is 0 Å². The number of hydrogen-bond acceptors (Lipinski definition) is 3. The summed E-state index contributed by atoms with van der Waals surface area (Å²) >= 11 is 0. The molecule has 138 valence electrons. The fraction of sp³-hybridized carbons (Fsp3) is 0.611. The molecule has 0 aliphatic carbocycles. The first-order valence-electron chi connectivity index (χ1n) is 8.30. The van der Waals surface area contributed by atoms with Crippen molar-refractivity contribution in [1.29, 1.82) is 0 Å². The summed E-state index contributed by atoms with van der Waals surface area (Å²) in [6, 6.07) is 9.66. The minimum atomic E-state index is -0.234. The predicted octanol–water partition coefficient (Wildman–Crippen LogP) is 2.97. The largest absolute Gasteiger partial charge is 0.340 e. The summed E-state index contributed by atoms with van der Waals surface area (Å²) in [7, 11) is 0. The minimum Gasteiger partial charge on any atom is -0.340 e. The number of hydrogen-bond donors (Lipinski definition) is 1. The third kappa shape index (κ3) is 6.25. The van der Waals surface area contributed by atoms with Gasteiger partial charge in [0, 0.05) is 38.8 Å². The molecule has 0 spiro atoms. The Labute approximate surface area is 158 Å². The van der Waals surface area contributed by atoms with Crippen molar-refractivity contribution in [2.45, 2.75) is 26.8 Å². The molecule has 0 radical (unpaired) electrons. The topological polar surface area (TPSA) is 49.6 Å². The van der Waals surface area contributed by atoms with E-state index in [0.717, 1.165) is 38.3 Å². The number of piperazine rings is 1. The maximum atomic E-state index is 12.7. The monoisotopic (exact) mass is 375 g/mol. The number of nitrogens with zero attached hydrogens (tertiary/aromatic N) is 2. The fourth-order valence-corrected chi connectivity index (χ4v) is 3.07. The Kier molecular flexibility index (Phi) is 10.6. The first-order valence-corrected chi connectivity index (χ1v) is 8.30. The molecule has 1 aromatic carbocycles. The second-order valence-corrected chi connectivity index (χ2v) is 6.74. The molecule has 2 atom stereocenters. The Morgan fingerprint density at radius 2 is 1.58 bits per heavy atom. The third-order valence-electron chi connectivity index (χ3n) is 4.42. The van der Waals surface area contributed by atoms with Crippen LogP contribution in [0.1, 0.15) is 32.4 Å². The molecule has 2 rings (SSSR count). The third-order valence-corrected chi connectivity index (χ3v) is 4.42. The second-order valence-electron chi connectivity index (χ2n) is 6.74. The van der Waals surface area contributed by atoms with Gasteiger partial charge in [0.15, 0.2) is 0 Å². The first kappa shape index (κ1) is 23.2. The molecule has 0 aromatic heterocycles. The fourth-order valence-electron chi connectivity index (χ4n) is 3.07. The first-order chi connectivity index (χ1) is 10.5. The summed E-state index contributed by atoms with van der Waals surface area (Å²) in [5.74, 6) is 0.673. The number of halogens is 2. The molecule has 1 heterocycles. The molecule has 1 aromatic rings. The van der Waals surface area contributed by atoms with Crippen molar-refractivity contribution in [2.75, 3.05) is 32.7 Å². The van der Waals surface area contributed by atoms with Crippen LogP contribution >= 0.6 is 24.8 Å². The number of nitrogens with two attached hydrogens (primary N) is 1. The highest BCUT2D eigenvalue weighted by atomic mass is 35.5. The molecule has 2 N–H and O–H groups in total. The molecular formula is C18H31Cl2N3O. The average molecular weight is 376 g/mol. The molecule has 6 heteroatoms. The van der Waals surface area contributed by atoms with E-state index in [1.165, 1.54) is 0 Å². The van der Waals surface area contributed by atoms with Crippen LogP contribution in [0.4, 0.5) is 0 Å². The summed E-state index contributed by atoms with van der Waals surface area (Å²) in [4.78, 5) is 17.1. The average Bonchev–Trinajstić information content (AvgIpc) is 2.54. The molecule has 24 heavy (non-hydrogen) atoms. The predicted molar refractivity (Wildman–Crippen MR) is 105 cm³/mol. The van der Waals surface area contributed by atoms with Crippen LogP contribution in [0, 0.1) is 11.8 Å². The SMILES string of the molecule is CC(C)CN1CCN(C(=O)C(C)C(N)c2ccccc2)CC1.Cl.Cl. The van der Waals surface area contributed by atoms with Crippen molar-refractivity contribution >= 4 is 30.7 Å². The van der Waals surface area contributed by atoms with Crippen LogP contribution in [-0.4, -0.2) is 48.4 Å². The van der Waals surface area contributed by atoms with Gasteiger partial charge in [-0.3, -0.25) is 9.69 Å². The van der Waals surface area contributed by atoms with Gasteiger partial charge in [0.1, 0.15) is 0 Å².